The summed E-state index contributed by atoms with van der Waals surface area (Å²) in [6, 6.07) is 0. The fourth-order valence-electron chi connectivity index (χ4n) is 3.23. The third-order valence-electron chi connectivity index (χ3n) is 4.63. The van der Waals surface area contributed by atoms with E-state index in [2.05, 4.69) is 4.90 Å². The van der Waals surface area contributed by atoms with Gasteiger partial charge in [-0.3, -0.25) is 14.4 Å². The largest absolute Gasteiger partial charge is 0.342 e. The van der Waals surface area contributed by atoms with Crippen molar-refractivity contribution in [3.8, 4) is 0 Å². The second-order valence-corrected chi connectivity index (χ2v) is 6.73. The molecule has 130 valence electrons. The molecule has 0 aromatic carbocycles. The van der Waals surface area contributed by atoms with E-state index in [0.29, 0.717) is 39.1 Å². The lowest BCUT2D eigenvalue weighted by molar-refractivity contribution is -0.141. The molecule has 0 saturated carbocycles. The summed E-state index contributed by atoms with van der Waals surface area (Å²) in [4.78, 5) is 43.5. The minimum Gasteiger partial charge on any atom is -0.342 e. The highest BCUT2D eigenvalue weighted by Crippen LogP contribution is 2.21. The van der Waals surface area contributed by atoms with Crippen LogP contribution in [-0.4, -0.2) is 97.2 Å². The molecule has 7 heteroatoms. The zero-order valence-electron chi connectivity index (χ0n) is 14.5. The van der Waals surface area contributed by atoms with Gasteiger partial charge in [-0.15, -0.1) is 0 Å². The van der Waals surface area contributed by atoms with E-state index in [4.69, 9.17) is 0 Å². The van der Waals surface area contributed by atoms with Gasteiger partial charge in [0.1, 0.15) is 0 Å². The summed E-state index contributed by atoms with van der Waals surface area (Å²) in [6.07, 6.45) is 1.25. The summed E-state index contributed by atoms with van der Waals surface area (Å²) in [5, 5.41) is 0. The molecule has 2 saturated heterocycles. The number of hydrogen-bond donors (Lipinski definition) is 0. The van der Waals surface area contributed by atoms with E-state index in [1.54, 1.807) is 16.7 Å². The van der Waals surface area contributed by atoms with E-state index in [9.17, 15) is 14.4 Å². The quantitative estimate of drug-likeness (QED) is 0.682. The molecule has 0 spiro atoms. The second-order valence-electron chi connectivity index (χ2n) is 6.73. The molecule has 2 heterocycles. The molecule has 0 radical (unpaired) electrons. The van der Waals surface area contributed by atoms with Crippen molar-refractivity contribution in [1.82, 2.24) is 19.6 Å². The number of piperazine rings is 1. The van der Waals surface area contributed by atoms with Gasteiger partial charge < -0.3 is 19.6 Å². The van der Waals surface area contributed by atoms with Crippen LogP contribution in [0.1, 0.15) is 19.8 Å². The van der Waals surface area contributed by atoms with E-state index in [0.717, 1.165) is 19.5 Å². The van der Waals surface area contributed by atoms with Crippen molar-refractivity contribution in [3.05, 3.63) is 0 Å². The highest BCUT2D eigenvalue weighted by molar-refractivity contribution is 5.89. The van der Waals surface area contributed by atoms with E-state index in [-0.39, 0.29) is 23.6 Å². The molecule has 2 fully saturated rings. The first-order chi connectivity index (χ1) is 10.9. The summed E-state index contributed by atoms with van der Waals surface area (Å²) in [7, 11) is 4.03. The van der Waals surface area contributed by atoms with Gasteiger partial charge in [-0.25, -0.2) is 0 Å². The van der Waals surface area contributed by atoms with Crippen molar-refractivity contribution in [2.24, 2.45) is 5.92 Å². The minimum absolute atomic E-state index is 0.0558. The fraction of sp³-hybridized carbons (Fsp3) is 0.812. The van der Waals surface area contributed by atoms with Crippen LogP contribution in [0.15, 0.2) is 0 Å². The van der Waals surface area contributed by atoms with Gasteiger partial charge in [0.05, 0.1) is 5.92 Å². The van der Waals surface area contributed by atoms with Crippen LogP contribution in [0.25, 0.3) is 0 Å². The molecule has 0 aromatic rings. The Morgan fingerprint density at radius 2 is 1.74 bits per heavy atom. The van der Waals surface area contributed by atoms with Crippen molar-refractivity contribution in [1.29, 1.82) is 0 Å². The second kappa shape index (κ2) is 7.77. The molecule has 0 N–H and O–H groups in total. The molecular weight excluding hydrogens is 296 g/mol. The lowest BCUT2D eigenvalue weighted by atomic mass is 10.1. The maximum Gasteiger partial charge on any atom is 0.228 e. The van der Waals surface area contributed by atoms with Gasteiger partial charge in [-0.2, -0.15) is 0 Å². The minimum atomic E-state index is -0.217. The SMILES string of the molecule is CC(=O)N1CCN(C(=O)C2CC(=O)N(CCCN(C)C)C2)CC1. The monoisotopic (exact) mass is 324 g/mol. The number of rotatable bonds is 5. The maximum absolute atomic E-state index is 12.6. The van der Waals surface area contributed by atoms with Crippen molar-refractivity contribution in [3.63, 3.8) is 0 Å². The molecule has 7 nitrogen and oxygen atoms in total. The summed E-state index contributed by atoms with van der Waals surface area (Å²) in [5.74, 6) is -0.00733. The van der Waals surface area contributed by atoms with E-state index in [1.165, 1.54) is 0 Å². The maximum atomic E-state index is 12.6. The smallest absolute Gasteiger partial charge is 0.228 e. The molecular formula is C16H28N4O3. The van der Waals surface area contributed by atoms with E-state index < -0.39 is 0 Å². The first-order valence-corrected chi connectivity index (χ1v) is 8.35. The van der Waals surface area contributed by atoms with Crippen molar-refractivity contribution in [2.45, 2.75) is 19.8 Å². The number of carbonyl (C=O) groups excluding carboxylic acids is 3. The zero-order valence-corrected chi connectivity index (χ0v) is 14.5. The lowest BCUT2D eigenvalue weighted by Crippen LogP contribution is -2.51. The summed E-state index contributed by atoms with van der Waals surface area (Å²) in [6.45, 7) is 6.08. The van der Waals surface area contributed by atoms with Crippen LogP contribution in [-0.2, 0) is 14.4 Å². The Hall–Kier alpha value is -1.63. The van der Waals surface area contributed by atoms with Gasteiger partial charge in [0.25, 0.3) is 0 Å². The van der Waals surface area contributed by atoms with Crippen LogP contribution < -0.4 is 0 Å². The highest BCUT2D eigenvalue weighted by atomic mass is 16.2. The Labute approximate surface area is 138 Å². The van der Waals surface area contributed by atoms with E-state index >= 15 is 0 Å². The molecule has 0 aromatic heterocycles. The summed E-state index contributed by atoms with van der Waals surface area (Å²) >= 11 is 0. The standard InChI is InChI=1S/C16H28N4O3/c1-13(21)18-7-9-19(10-8-18)16(23)14-11-15(22)20(12-14)6-4-5-17(2)3/h14H,4-12H2,1-3H3. The number of hydrogen-bond acceptors (Lipinski definition) is 4. The molecule has 1 unspecified atom stereocenters. The van der Waals surface area contributed by atoms with Crippen LogP contribution >= 0.6 is 0 Å². The molecule has 0 aliphatic carbocycles. The van der Waals surface area contributed by atoms with Gasteiger partial charge in [0.2, 0.25) is 17.7 Å². The molecule has 2 aliphatic rings. The van der Waals surface area contributed by atoms with Gasteiger partial charge in [-0.1, -0.05) is 0 Å². The van der Waals surface area contributed by atoms with Crippen LogP contribution in [0.3, 0.4) is 0 Å². The first kappa shape index (κ1) is 17.7. The number of amides is 3. The van der Waals surface area contributed by atoms with Crippen LogP contribution in [0.2, 0.25) is 0 Å². The third kappa shape index (κ3) is 4.67. The Morgan fingerprint density at radius 1 is 1.13 bits per heavy atom. The zero-order chi connectivity index (χ0) is 17.0. The predicted molar refractivity (Wildman–Crippen MR) is 86.7 cm³/mol. The van der Waals surface area contributed by atoms with Crippen molar-refractivity contribution < 1.29 is 14.4 Å². The Balaban J connectivity index is 1.80. The van der Waals surface area contributed by atoms with Crippen molar-refractivity contribution >= 4 is 17.7 Å². The Kier molecular flexibility index (Phi) is 5.98. The van der Waals surface area contributed by atoms with Crippen LogP contribution in [0.5, 0.6) is 0 Å². The molecule has 23 heavy (non-hydrogen) atoms. The first-order valence-electron chi connectivity index (χ1n) is 8.35. The van der Waals surface area contributed by atoms with Crippen LogP contribution in [0, 0.1) is 5.92 Å². The Morgan fingerprint density at radius 3 is 2.30 bits per heavy atom. The lowest BCUT2D eigenvalue weighted by Gasteiger charge is -2.35. The number of carbonyl (C=O) groups is 3. The van der Waals surface area contributed by atoms with Crippen molar-refractivity contribution in [2.75, 3.05) is 59.9 Å². The van der Waals surface area contributed by atoms with Crippen LogP contribution in [0.4, 0.5) is 0 Å². The molecule has 1 atom stereocenters. The predicted octanol–water partition coefficient (Wildman–Crippen LogP) is -0.523. The molecule has 2 rings (SSSR count). The fourth-order valence-corrected chi connectivity index (χ4v) is 3.23. The average Bonchev–Trinajstić information content (AvgIpc) is 2.87. The van der Waals surface area contributed by atoms with Gasteiger partial charge >= 0.3 is 0 Å². The van der Waals surface area contributed by atoms with Gasteiger partial charge in [0.15, 0.2) is 0 Å². The van der Waals surface area contributed by atoms with E-state index in [1.807, 2.05) is 19.0 Å². The highest BCUT2D eigenvalue weighted by Gasteiger charge is 2.37. The molecule has 2 aliphatic heterocycles. The number of nitrogens with zero attached hydrogens (tertiary/aromatic N) is 4. The molecule has 3 amide bonds. The third-order valence-corrected chi connectivity index (χ3v) is 4.63. The topological polar surface area (TPSA) is 64.2 Å². The summed E-state index contributed by atoms with van der Waals surface area (Å²) < 4.78 is 0. The van der Waals surface area contributed by atoms with Gasteiger partial charge in [-0.05, 0) is 27.1 Å². The molecule has 0 bridgehead atoms. The van der Waals surface area contributed by atoms with Gasteiger partial charge in [0, 0.05) is 52.6 Å². The Bertz CT molecular complexity index is 458. The average molecular weight is 324 g/mol. The normalized spacial score (nSPS) is 22.2. The summed E-state index contributed by atoms with van der Waals surface area (Å²) in [5.41, 5.74) is 0. The number of likely N-dealkylation sites (tertiary alicyclic amines) is 1.